The van der Waals surface area contributed by atoms with E-state index in [9.17, 15) is 17.6 Å². The van der Waals surface area contributed by atoms with Crippen LogP contribution in [0.15, 0.2) is 83.3 Å². The number of hydrogen-bond donors (Lipinski definition) is 0. The fraction of sp³-hybridized carbons (Fsp3) is 0.185. The van der Waals surface area contributed by atoms with Gasteiger partial charge >= 0.3 is 6.36 Å². The molecule has 1 aliphatic heterocycles. The summed E-state index contributed by atoms with van der Waals surface area (Å²) in [5.41, 5.74) is 3.97. The first-order valence-electron chi connectivity index (χ1n) is 11.9. The first-order valence-corrected chi connectivity index (χ1v) is 12.8. The number of anilines is 1. The van der Waals surface area contributed by atoms with Crippen molar-refractivity contribution in [2.75, 3.05) is 10.8 Å². The summed E-state index contributed by atoms with van der Waals surface area (Å²) in [6.07, 6.45) is -1.63. The predicted octanol–water partition coefficient (Wildman–Crippen LogP) is 7.00. The summed E-state index contributed by atoms with van der Waals surface area (Å²) in [6, 6.07) is 17.5. The van der Waals surface area contributed by atoms with E-state index in [1.807, 2.05) is 43.0 Å². The first kappa shape index (κ1) is 26.4. The van der Waals surface area contributed by atoms with Gasteiger partial charge in [0.05, 0.1) is 17.8 Å². The van der Waals surface area contributed by atoms with Crippen molar-refractivity contribution in [3.8, 4) is 22.8 Å². The Labute approximate surface area is 225 Å². The normalized spacial score (nSPS) is 14.8. The van der Waals surface area contributed by atoms with Crippen LogP contribution in [0.5, 0.6) is 5.75 Å². The van der Waals surface area contributed by atoms with Crippen molar-refractivity contribution in [1.82, 2.24) is 14.8 Å². The Balaban J connectivity index is 1.24. The fourth-order valence-electron chi connectivity index (χ4n) is 3.86. The molecule has 1 saturated heterocycles. The van der Waals surface area contributed by atoms with E-state index in [0.29, 0.717) is 11.5 Å². The number of nitrogens with zero attached hydrogens (tertiary/aromatic N) is 6. The summed E-state index contributed by atoms with van der Waals surface area (Å²) in [5.74, 6) is 0.777. The summed E-state index contributed by atoms with van der Waals surface area (Å²) in [4.78, 5) is 6.31. The fourth-order valence-corrected chi connectivity index (χ4v) is 4.58. The van der Waals surface area contributed by atoms with Gasteiger partial charge in [-0.3, -0.25) is 0 Å². The van der Waals surface area contributed by atoms with Gasteiger partial charge in [0.25, 0.3) is 0 Å². The number of ether oxygens (including phenoxy) is 1. The van der Waals surface area contributed by atoms with Gasteiger partial charge in [-0.1, -0.05) is 49.9 Å². The van der Waals surface area contributed by atoms with E-state index in [0.717, 1.165) is 33.4 Å². The Morgan fingerprint density at radius 1 is 1.03 bits per heavy atom. The number of benzene rings is 3. The molecule has 1 fully saturated rings. The number of hydrogen-bond acceptors (Lipinski definition) is 6. The van der Waals surface area contributed by atoms with Crippen LogP contribution in [0.3, 0.4) is 0 Å². The molecule has 4 aromatic rings. The van der Waals surface area contributed by atoms with Crippen LogP contribution < -0.4 is 9.64 Å². The molecule has 0 unspecified atom stereocenters. The largest absolute Gasteiger partial charge is 0.573 e. The third kappa shape index (κ3) is 6.28. The predicted molar refractivity (Wildman–Crippen MR) is 144 cm³/mol. The Morgan fingerprint density at radius 2 is 1.77 bits per heavy atom. The molecule has 0 radical (unpaired) electrons. The molecule has 0 saturated carbocycles. The lowest BCUT2D eigenvalue weighted by Gasteiger charge is -2.35. The second-order valence-electron chi connectivity index (χ2n) is 8.86. The molecule has 5 rings (SSSR count). The van der Waals surface area contributed by atoms with Crippen molar-refractivity contribution in [2.24, 2.45) is 10.2 Å². The number of amidine groups is 1. The minimum Gasteiger partial charge on any atom is -0.406 e. The highest BCUT2D eigenvalue weighted by Gasteiger charge is 2.31. The van der Waals surface area contributed by atoms with E-state index in [4.69, 9.17) is 0 Å². The van der Waals surface area contributed by atoms with Gasteiger partial charge in [0.1, 0.15) is 17.9 Å². The number of rotatable bonds is 7. The van der Waals surface area contributed by atoms with Gasteiger partial charge < -0.3 is 9.64 Å². The highest BCUT2D eigenvalue weighted by molar-refractivity contribution is 8.16. The van der Waals surface area contributed by atoms with Crippen LogP contribution in [0, 0.1) is 5.82 Å². The van der Waals surface area contributed by atoms with Gasteiger partial charge in [-0.05, 0) is 59.5 Å². The van der Waals surface area contributed by atoms with Crippen LogP contribution in [0.2, 0.25) is 0 Å². The molecule has 0 N–H and O–H groups in total. The average Bonchev–Trinajstić information content (AvgIpc) is 3.37. The molecule has 0 atom stereocenters. The van der Waals surface area contributed by atoms with Crippen molar-refractivity contribution in [1.29, 1.82) is 0 Å². The third-order valence-corrected chi connectivity index (χ3v) is 6.75. The Morgan fingerprint density at radius 3 is 2.41 bits per heavy atom. The molecule has 12 heteroatoms. The van der Waals surface area contributed by atoms with Crippen LogP contribution >= 0.6 is 11.8 Å². The van der Waals surface area contributed by atoms with Gasteiger partial charge in [0.15, 0.2) is 11.0 Å². The van der Waals surface area contributed by atoms with E-state index in [2.05, 4.69) is 25.0 Å². The quantitative estimate of drug-likeness (QED) is 0.140. The van der Waals surface area contributed by atoms with Crippen LogP contribution in [0.25, 0.3) is 17.1 Å². The van der Waals surface area contributed by atoms with E-state index in [1.165, 1.54) is 41.3 Å². The molecular weight excluding hydrogens is 532 g/mol. The van der Waals surface area contributed by atoms with Crippen LogP contribution in [-0.4, -0.2) is 38.4 Å². The molecule has 0 spiro atoms. The summed E-state index contributed by atoms with van der Waals surface area (Å²) in [6.45, 7) is 4.05. The average molecular weight is 555 g/mol. The minimum atomic E-state index is -4.75. The second-order valence-corrected chi connectivity index (χ2v) is 9.77. The standard InChI is InChI=1S/C27H22F4N6OS/c1-17(2)23-13-20(28)7-12-24(23)36-16-39-26(36)34-33-14-18-3-5-19(6-4-18)25-32-15-37(35-25)21-8-10-22(11-9-21)38-27(29,30)31/h3-15,17H,16H2,1-2H3/b33-14+,34-26-. The summed E-state index contributed by atoms with van der Waals surface area (Å²) >= 11 is 1.56. The second kappa shape index (κ2) is 10.9. The minimum absolute atomic E-state index is 0.170. The SMILES string of the molecule is CC(C)c1cc(F)ccc1N1CS/C1=N\N=C\c1ccc(-c2ncn(-c3ccc(OC(F)(F)F)cc3)n2)cc1. The molecule has 200 valence electrons. The first-order chi connectivity index (χ1) is 18.7. The number of thioether (sulfide) groups is 1. The van der Waals surface area contributed by atoms with E-state index in [-0.39, 0.29) is 17.5 Å². The third-order valence-electron chi connectivity index (χ3n) is 5.80. The Hall–Kier alpha value is -4.19. The van der Waals surface area contributed by atoms with Gasteiger partial charge in [-0.2, -0.15) is 5.10 Å². The zero-order valence-electron chi connectivity index (χ0n) is 20.8. The lowest BCUT2D eigenvalue weighted by atomic mass is 10.0. The molecule has 1 aliphatic rings. The summed E-state index contributed by atoms with van der Waals surface area (Å²) in [5, 5.41) is 13.7. The Bertz CT molecular complexity index is 1510. The van der Waals surface area contributed by atoms with Crippen molar-refractivity contribution >= 4 is 28.8 Å². The van der Waals surface area contributed by atoms with Crippen molar-refractivity contribution in [3.63, 3.8) is 0 Å². The molecule has 7 nitrogen and oxygen atoms in total. The topological polar surface area (TPSA) is 67.9 Å². The molecule has 0 aliphatic carbocycles. The number of aromatic nitrogens is 3. The number of alkyl halides is 3. The zero-order valence-corrected chi connectivity index (χ0v) is 21.6. The van der Waals surface area contributed by atoms with Gasteiger partial charge in [0.2, 0.25) is 0 Å². The maximum atomic E-state index is 13.7. The maximum Gasteiger partial charge on any atom is 0.573 e. The van der Waals surface area contributed by atoms with Gasteiger partial charge in [-0.15, -0.1) is 23.4 Å². The molecule has 39 heavy (non-hydrogen) atoms. The van der Waals surface area contributed by atoms with E-state index >= 15 is 0 Å². The highest BCUT2D eigenvalue weighted by Crippen LogP contribution is 2.36. The van der Waals surface area contributed by atoms with Crippen molar-refractivity contribution in [2.45, 2.75) is 26.1 Å². The van der Waals surface area contributed by atoms with Gasteiger partial charge in [0, 0.05) is 11.3 Å². The smallest absolute Gasteiger partial charge is 0.406 e. The number of halogens is 4. The molecule has 0 amide bonds. The zero-order chi connectivity index (χ0) is 27.6. The molecule has 3 aromatic carbocycles. The van der Waals surface area contributed by atoms with Crippen molar-refractivity contribution in [3.05, 3.63) is 90.0 Å². The van der Waals surface area contributed by atoms with Crippen LogP contribution in [0.4, 0.5) is 23.2 Å². The monoisotopic (exact) mass is 554 g/mol. The lowest BCUT2D eigenvalue weighted by molar-refractivity contribution is -0.274. The molecule has 1 aromatic heterocycles. The van der Waals surface area contributed by atoms with E-state index < -0.39 is 6.36 Å². The molecule has 2 heterocycles. The Kier molecular flexibility index (Phi) is 7.38. The van der Waals surface area contributed by atoms with Crippen LogP contribution in [0.1, 0.15) is 30.9 Å². The maximum absolute atomic E-state index is 13.7. The molecule has 0 bridgehead atoms. The van der Waals surface area contributed by atoms with Crippen LogP contribution in [-0.2, 0) is 0 Å². The molecular formula is C27H22F4N6OS. The highest BCUT2D eigenvalue weighted by atomic mass is 32.2. The summed E-state index contributed by atoms with van der Waals surface area (Å²) in [7, 11) is 0. The van der Waals surface area contributed by atoms with Crippen molar-refractivity contribution < 1.29 is 22.3 Å². The van der Waals surface area contributed by atoms with Gasteiger partial charge in [-0.25, -0.2) is 14.1 Å². The summed E-state index contributed by atoms with van der Waals surface area (Å²) < 4.78 is 56.2. The lowest BCUT2D eigenvalue weighted by Crippen LogP contribution is -2.39. The van der Waals surface area contributed by atoms with E-state index in [1.54, 1.807) is 30.1 Å².